The number of hydrogen-bond acceptors (Lipinski definition) is 5. The number of carbonyl (C=O) groups is 1. The average molecular weight is 337 g/mol. The fourth-order valence-corrected chi connectivity index (χ4v) is 3.32. The number of aromatic nitrogens is 3. The smallest absolute Gasteiger partial charge is 0.259 e. The largest absolute Gasteiger partial charge is 0.346 e. The van der Waals surface area contributed by atoms with Crippen molar-refractivity contribution >= 4 is 34.5 Å². The molecule has 0 radical (unpaired) electrons. The van der Waals surface area contributed by atoms with Crippen molar-refractivity contribution in [2.24, 2.45) is 0 Å². The summed E-state index contributed by atoms with van der Waals surface area (Å²) in [7, 11) is 0. The first-order valence-electron chi connectivity index (χ1n) is 7.59. The molecule has 0 saturated carbocycles. The Balaban J connectivity index is 1.69. The summed E-state index contributed by atoms with van der Waals surface area (Å²) < 4.78 is 1.82. The van der Waals surface area contributed by atoms with Gasteiger partial charge >= 0.3 is 0 Å². The highest BCUT2D eigenvalue weighted by Crippen LogP contribution is 2.33. The topological polar surface area (TPSA) is 71.8 Å². The molecular weight excluding hydrogens is 322 g/mol. The van der Waals surface area contributed by atoms with Crippen molar-refractivity contribution in [2.45, 2.75) is 13.5 Å². The summed E-state index contributed by atoms with van der Waals surface area (Å²) >= 11 is 1.63. The summed E-state index contributed by atoms with van der Waals surface area (Å²) in [5.41, 5.74) is 3.47. The van der Waals surface area contributed by atoms with Crippen molar-refractivity contribution in [3.8, 4) is 11.1 Å². The molecule has 0 aliphatic carbocycles. The first-order valence-corrected chi connectivity index (χ1v) is 8.53. The van der Waals surface area contributed by atoms with Gasteiger partial charge in [-0.3, -0.25) is 4.79 Å². The molecule has 0 aromatic carbocycles. The van der Waals surface area contributed by atoms with E-state index in [4.69, 9.17) is 0 Å². The zero-order valence-electron chi connectivity index (χ0n) is 13.0. The highest BCUT2D eigenvalue weighted by molar-refractivity contribution is 7.08. The Morgan fingerprint density at radius 1 is 1.38 bits per heavy atom. The third kappa shape index (κ3) is 2.48. The van der Waals surface area contributed by atoms with E-state index in [0.717, 1.165) is 29.1 Å². The molecule has 120 valence electrons. The molecule has 0 atom stereocenters. The van der Waals surface area contributed by atoms with Crippen LogP contribution in [0.1, 0.15) is 12.5 Å². The number of carbonyl (C=O) groups excluding carboxylic acids is 1. The molecule has 1 aliphatic heterocycles. The van der Waals surface area contributed by atoms with E-state index in [9.17, 15) is 4.79 Å². The number of nitrogens with one attached hydrogen (secondary N) is 2. The minimum atomic E-state index is -0.157. The highest BCUT2D eigenvalue weighted by atomic mass is 32.1. The van der Waals surface area contributed by atoms with Crippen LogP contribution < -0.4 is 10.6 Å². The van der Waals surface area contributed by atoms with Crippen LogP contribution in [0.25, 0.3) is 16.7 Å². The molecule has 0 bridgehead atoms. The van der Waals surface area contributed by atoms with Crippen LogP contribution in [0.4, 0.5) is 11.6 Å². The Labute approximate surface area is 142 Å². The molecule has 3 aromatic rings. The number of anilines is 2. The molecule has 0 fully saturated rings. The summed E-state index contributed by atoms with van der Waals surface area (Å²) in [6, 6.07) is 5.90. The number of nitrogens with zero attached hydrogens (tertiary/aromatic N) is 3. The number of fused-ring (bicyclic) bond motifs is 1. The molecule has 2 N–H and O–H groups in total. The van der Waals surface area contributed by atoms with E-state index in [1.165, 1.54) is 0 Å². The van der Waals surface area contributed by atoms with Crippen LogP contribution in [0.15, 0.2) is 47.6 Å². The summed E-state index contributed by atoms with van der Waals surface area (Å²) in [6.07, 6.45) is 5.22. The van der Waals surface area contributed by atoms with E-state index >= 15 is 0 Å². The molecule has 1 amide bonds. The third-order valence-electron chi connectivity index (χ3n) is 3.89. The summed E-state index contributed by atoms with van der Waals surface area (Å²) in [4.78, 5) is 16.6. The van der Waals surface area contributed by atoms with Crippen molar-refractivity contribution in [3.63, 3.8) is 0 Å². The minimum absolute atomic E-state index is 0.157. The van der Waals surface area contributed by atoms with Gasteiger partial charge in [0.1, 0.15) is 11.6 Å². The van der Waals surface area contributed by atoms with Gasteiger partial charge in [0.2, 0.25) is 0 Å². The third-order valence-corrected chi connectivity index (χ3v) is 4.57. The van der Waals surface area contributed by atoms with Gasteiger partial charge in [-0.25, -0.2) is 9.67 Å². The number of hydrogen-bond donors (Lipinski definition) is 2. The van der Waals surface area contributed by atoms with Gasteiger partial charge in [-0.2, -0.15) is 16.4 Å². The lowest BCUT2D eigenvalue weighted by molar-refractivity contribution is -0.110. The summed E-state index contributed by atoms with van der Waals surface area (Å²) in [5.74, 6) is 1.28. The van der Waals surface area contributed by atoms with Gasteiger partial charge < -0.3 is 10.6 Å². The molecule has 4 heterocycles. The number of rotatable bonds is 4. The first kappa shape index (κ1) is 14.6. The fraction of sp³-hybridized carbons (Fsp3) is 0.118. The van der Waals surface area contributed by atoms with E-state index in [1.807, 2.05) is 35.2 Å². The predicted octanol–water partition coefficient (Wildman–Crippen LogP) is 3.43. The van der Waals surface area contributed by atoms with Crippen LogP contribution in [0.3, 0.4) is 0 Å². The van der Waals surface area contributed by atoms with E-state index in [1.54, 1.807) is 29.9 Å². The molecule has 3 aromatic heterocycles. The average Bonchev–Trinajstić information content (AvgIpc) is 3.32. The van der Waals surface area contributed by atoms with Gasteiger partial charge in [0, 0.05) is 36.1 Å². The van der Waals surface area contributed by atoms with Crippen molar-refractivity contribution in [1.82, 2.24) is 14.8 Å². The van der Waals surface area contributed by atoms with Crippen LogP contribution in [0.5, 0.6) is 0 Å². The Hall–Kier alpha value is -2.93. The maximum Gasteiger partial charge on any atom is 0.259 e. The van der Waals surface area contributed by atoms with E-state index in [0.29, 0.717) is 11.4 Å². The van der Waals surface area contributed by atoms with Gasteiger partial charge in [-0.15, -0.1) is 0 Å². The lowest BCUT2D eigenvalue weighted by Crippen LogP contribution is -2.07. The van der Waals surface area contributed by atoms with Crippen LogP contribution >= 0.6 is 11.3 Å². The second kappa shape index (κ2) is 5.93. The van der Waals surface area contributed by atoms with Crippen molar-refractivity contribution < 1.29 is 4.79 Å². The standard InChI is InChI=1S/C17H15N5OS/c1-2-22-15(3-5-20-22)18-9-14-13-7-12(11-4-6-24-10-11)8-19-16(13)21-17(14)23/h3-10,18H,2H2,1H3,(H,19,21,23). The van der Waals surface area contributed by atoms with Gasteiger partial charge in [-0.1, -0.05) is 0 Å². The molecule has 1 aliphatic rings. The van der Waals surface area contributed by atoms with E-state index in [-0.39, 0.29) is 5.91 Å². The number of amides is 1. The van der Waals surface area contributed by atoms with Gasteiger partial charge in [0.05, 0.1) is 11.8 Å². The lowest BCUT2D eigenvalue weighted by Gasteiger charge is -2.05. The predicted molar refractivity (Wildman–Crippen MR) is 95.7 cm³/mol. The molecule has 7 heteroatoms. The molecule has 4 rings (SSSR count). The minimum Gasteiger partial charge on any atom is -0.346 e. The molecule has 24 heavy (non-hydrogen) atoms. The highest BCUT2D eigenvalue weighted by Gasteiger charge is 2.26. The molecule has 0 unspecified atom stereocenters. The van der Waals surface area contributed by atoms with Crippen molar-refractivity contribution in [1.29, 1.82) is 0 Å². The first-order chi connectivity index (χ1) is 11.8. The Bertz CT molecular complexity index is 926. The molecular formula is C17H15N5OS. The second-order valence-corrected chi connectivity index (χ2v) is 6.10. The number of aryl methyl sites for hydroxylation is 1. The molecule has 6 nitrogen and oxygen atoms in total. The van der Waals surface area contributed by atoms with Crippen LogP contribution in [-0.2, 0) is 11.3 Å². The van der Waals surface area contributed by atoms with Crippen LogP contribution in [-0.4, -0.2) is 20.7 Å². The fourth-order valence-electron chi connectivity index (χ4n) is 2.65. The van der Waals surface area contributed by atoms with Crippen LogP contribution in [0, 0.1) is 0 Å². The maximum absolute atomic E-state index is 12.3. The van der Waals surface area contributed by atoms with Crippen molar-refractivity contribution in [3.05, 3.63) is 53.1 Å². The van der Waals surface area contributed by atoms with E-state index in [2.05, 4.69) is 26.1 Å². The molecule has 0 saturated heterocycles. The maximum atomic E-state index is 12.3. The monoisotopic (exact) mass is 337 g/mol. The summed E-state index contributed by atoms with van der Waals surface area (Å²) in [5, 5.41) is 14.3. The second-order valence-electron chi connectivity index (χ2n) is 5.32. The Morgan fingerprint density at radius 2 is 2.29 bits per heavy atom. The number of thiophene rings is 1. The normalized spacial score (nSPS) is 14.7. The van der Waals surface area contributed by atoms with Gasteiger partial charge in [-0.05, 0) is 35.4 Å². The zero-order valence-corrected chi connectivity index (χ0v) is 13.8. The lowest BCUT2D eigenvalue weighted by atomic mass is 10.1. The Morgan fingerprint density at radius 3 is 3.08 bits per heavy atom. The number of pyridine rings is 1. The van der Waals surface area contributed by atoms with Gasteiger partial charge in [0.25, 0.3) is 5.91 Å². The van der Waals surface area contributed by atoms with Gasteiger partial charge in [0.15, 0.2) is 0 Å². The molecule has 0 spiro atoms. The van der Waals surface area contributed by atoms with Crippen LogP contribution in [0.2, 0.25) is 0 Å². The van der Waals surface area contributed by atoms with Crippen molar-refractivity contribution in [2.75, 3.05) is 10.6 Å². The Kier molecular flexibility index (Phi) is 3.62. The summed E-state index contributed by atoms with van der Waals surface area (Å²) in [6.45, 7) is 2.77. The zero-order chi connectivity index (χ0) is 16.5. The van der Waals surface area contributed by atoms with E-state index < -0.39 is 0 Å². The SMILES string of the molecule is CCn1nccc1NC=C1C(=O)Nc2ncc(-c3ccsc3)cc21. The quantitative estimate of drug-likeness (QED) is 0.716.